The fourth-order valence-corrected chi connectivity index (χ4v) is 3.68. The summed E-state index contributed by atoms with van der Waals surface area (Å²) in [7, 11) is 0. The van der Waals surface area contributed by atoms with Crippen LogP contribution in [0.5, 0.6) is 0 Å². The van der Waals surface area contributed by atoms with Crippen LogP contribution in [0.15, 0.2) is 35.1 Å². The third-order valence-corrected chi connectivity index (χ3v) is 5.33. The maximum Gasteiger partial charge on any atom is 0.181 e. The van der Waals surface area contributed by atoms with Crippen molar-refractivity contribution in [3.63, 3.8) is 0 Å². The Labute approximate surface area is 153 Å². The van der Waals surface area contributed by atoms with Gasteiger partial charge in [0.25, 0.3) is 0 Å². The first kappa shape index (κ1) is 15.8. The number of benzene rings is 1. The van der Waals surface area contributed by atoms with Gasteiger partial charge in [-0.25, -0.2) is 9.97 Å². The van der Waals surface area contributed by atoms with E-state index in [1.165, 1.54) is 18.4 Å². The van der Waals surface area contributed by atoms with Crippen LogP contribution in [0.25, 0.3) is 22.2 Å². The number of oxazole rings is 1. The zero-order chi connectivity index (χ0) is 17.5. The topological polar surface area (TPSA) is 51.4 Å². The Morgan fingerprint density at radius 3 is 2.81 bits per heavy atom. The molecule has 0 N–H and O–H groups in total. The average Bonchev–Trinajstić information content (AvgIpc) is 3.37. The Morgan fingerprint density at radius 1 is 1.15 bits per heavy atom. The third-order valence-electron chi connectivity index (χ3n) is 5.33. The van der Waals surface area contributed by atoms with E-state index in [0.717, 1.165) is 72.4 Å². The van der Waals surface area contributed by atoms with Gasteiger partial charge in [-0.1, -0.05) is 12.1 Å². The largest absolute Gasteiger partial charge is 0.443 e. The van der Waals surface area contributed by atoms with Gasteiger partial charge in [-0.2, -0.15) is 0 Å². The molecule has 26 heavy (non-hydrogen) atoms. The van der Waals surface area contributed by atoms with Gasteiger partial charge in [0.2, 0.25) is 0 Å². The molecule has 5 nitrogen and oxygen atoms in total. The Kier molecular flexibility index (Phi) is 3.89. The molecule has 0 unspecified atom stereocenters. The molecule has 3 aromatic rings. The molecule has 1 aliphatic carbocycles. The lowest BCUT2D eigenvalue weighted by molar-refractivity contribution is 0.122. The lowest BCUT2D eigenvalue weighted by Crippen LogP contribution is -2.37. The highest BCUT2D eigenvalue weighted by molar-refractivity contribution is 5.89. The molecule has 1 aliphatic heterocycles. The first-order chi connectivity index (χ1) is 12.8. The summed E-state index contributed by atoms with van der Waals surface area (Å²) >= 11 is 0. The number of hydrogen-bond acceptors (Lipinski definition) is 5. The number of aryl methyl sites for hydroxylation is 1. The van der Waals surface area contributed by atoms with Gasteiger partial charge in [0.05, 0.1) is 30.0 Å². The van der Waals surface area contributed by atoms with Gasteiger partial charge in [-0.05, 0) is 49.8 Å². The third kappa shape index (κ3) is 2.97. The zero-order valence-electron chi connectivity index (χ0n) is 15.1. The van der Waals surface area contributed by atoms with E-state index in [0.29, 0.717) is 0 Å². The zero-order valence-corrected chi connectivity index (χ0v) is 15.1. The molecule has 134 valence electrons. The number of pyridine rings is 1. The molecule has 1 saturated carbocycles. The summed E-state index contributed by atoms with van der Waals surface area (Å²) in [6.07, 6.45) is 5.19. The average molecular weight is 349 g/mol. The fourth-order valence-electron chi connectivity index (χ4n) is 3.68. The molecule has 0 amide bonds. The van der Waals surface area contributed by atoms with E-state index < -0.39 is 0 Å². The summed E-state index contributed by atoms with van der Waals surface area (Å²) < 4.78 is 11.4. The maximum absolute atomic E-state index is 5.87. The summed E-state index contributed by atoms with van der Waals surface area (Å²) in [5, 5.41) is 1.14. The van der Waals surface area contributed by atoms with Crippen LogP contribution in [-0.2, 0) is 11.2 Å². The van der Waals surface area contributed by atoms with Gasteiger partial charge in [0, 0.05) is 18.5 Å². The van der Waals surface area contributed by atoms with Crippen LogP contribution in [0.2, 0.25) is 0 Å². The summed E-state index contributed by atoms with van der Waals surface area (Å²) in [6.45, 7) is 5.27. The summed E-state index contributed by atoms with van der Waals surface area (Å²) in [4.78, 5) is 11.9. The van der Waals surface area contributed by atoms with Crippen LogP contribution in [0.1, 0.15) is 24.1 Å². The molecule has 0 radical (unpaired) electrons. The molecule has 0 bridgehead atoms. The van der Waals surface area contributed by atoms with Crippen molar-refractivity contribution in [1.82, 2.24) is 9.97 Å². The second kappa shape index (κ2) is 6.40. The summed E-state index contributed by atoms with van der Waals surface area (Å²) in [5.41, 5.74) is 4.37. The number of ether oxygens (including phenoxy) is 1. The minimum absolute atomic E-state index is 0.734. The lowest BCUT2D eigenvalue weighted by Gasteiger charge is -2.29. The van der Waals surface area contributed by atoms with Crippen LogP contribution >= 0.6 is 0 Å². The molecule has 0 spiro atoms. The van der Waals surface area contributed by atoms with Gasteiger partial charge in [0.15, 0.2) is 12.2 Å². The van der Waals surface area contributed by atoms with Crippen molar-refractivity contribution in [3.8, 4) is 11.3 Å². The molecular formula is C21H23N3O2. The molecule has 1 aromatic carbocycles. The predicted octanol–water partition coefficient (Wildman–Crippen LogP) is 3.99. The van der Waals surface area contributed by atoms with Gasteiger partial charge >= 0.3 is 0 Å². The highest BCUT2D eigenvalue weighted by atomic mass is 16.5. The van der Waals surface area contributed by atoms with Gasteiger partial charge in [-0.15, -0.1) is 0 Å². The van der Waals surface area contributed by atoms with E-state index in [9.17, 15) is 0 Å². The standard InChI is InChI=1S/C21H23N3O2/c1-14-2-5-16-12-17(20-19(22-13-26-20)11-15-3-4-15)21(23-18(16)10-14)24-6-8-25-9-7-24/h2,5,10,12-13,15H,3-4,6-9,11H2,1H3. The molecule has 5 rings (SSSR count). The van der Waals surface area contributed by atoms with Gasteiger partial charge in [0.1, 0.15) is 5.82 Å². The molecule has 3 heterocycles. The highest BCUT2D eigenvalue weighted by Crippen LogP contribution is 2.39. The van der Waals surface area contributed by atoms with Crippen LogP contribution in [0.3, 0.4) is 0 Å². The van der Waals surface area contributed by atoms with Crippen molar-refractivity contribution in [2.24, 2.45) is 5.92 Å². The molecule has 2 fully saturated rings. The van der Waals surface area contributed by atoms with Crippen LogP contribution in [0.4, 0.5) is 5.82 Å². The van der Waals surface area contributed by atoms with E-state index >= 15 is 0 Å². The summed E-state index contributed by atoms with van der Waals surface area (Å²) in [6, 6.07) is 8.63. The normalized spacial score (nSPS) is 17.8. The lowest BCUT2D eigenvalue weighted by atomic mass is 10.0. The molecule has 2 aromatic heterocycles. The van der Waals surface area contributed by atoms with Crippen molar-refractivity contribution in [1.29, 1.82) is 0 Å². The van der Waals surface area contributed by atoms with E-state index in [1.807, 2.05) is 0 Å². The van der Waals surface area contributed by atoms with Gasteiger partial charge in [-0.3, -0.25) is 0 Å². The number of aromatic nitrogens is 2. The number of fused-ring (bicyclic) bond motifs is 1. The number of nitrogens with zero attached hydrogens (tertiary/aromatic N) is 3. The first-order valence-electron chi connectivity index (χ1n) is 9.45. The predicted molar refractivity (Wildman–Crippen MR) is 101 cm³/mol. The Morgan fingerprint density at radius 2 is 2.00 bits per heavy atom. The Bertz CT molecular complexity index is 940. The van der Waals surface area contributed by atoms with Crippen molar-refractivity contribution in [2.75, 3.05) is 31.2 Å². The van der Waals surface area contributed by atoms with E-state index in [4.69, 9.17) is 14.1 Å². The van der Waals surface area contributed by atoms with Crippen LogP contribution < -0.4 is 4.90 Å². The summed E-state index contributed by atoms with van der Waals surface area (Å²) in [5.74, 6) is 2.63. The smallest absolute Gasteiger partial charge is 0.181 e. The van der Waals surface area contributed by atoms with Crippen LogP contribution in [0, 0.1) is 12.8 Å². The SMILES string of the molecule is Cc1ccc2cc(-c3ocnc3CC3CC3)c(N3CCOCC3)nc2c1. The number of morpholine rings is 1. The van der Waals surface area contributed by atoms with Crippen molar-refractivity contribution in [2.45, 2.75) is 26.2 Å². The minimum Gasteiger partial charge on any atom is -0.443 e. The number of anilines is 1. The monoisotopic (exact) mass is 349 g/mol. The first-order valence-corrected chi connectivity index (χ1v) is 9.45. The molecule has 1 saturated heterocycles. The maximum atomic E-state index is 5.87. The molecule has 0 atom stereocenters. The van der Waals surface area contributed by atoms with Crippen molar-refractivity contribution >= 4 is 16.7 Å². The second-order valence-corrected chi connectivity index (χ2v) is 7.43. The quantitative estimate of drug-likeness (QED) is 0.713. The Hall–Kier alpha value is -2.40. The molecular weight excluding hydrogens is 326 g/mol. The van der Waals surface area contributed by atoms with Crippen molar-refractivity contribution < 1.29 is 9.15 Å². The number of rotatable bonds is 4. The second-order valence-electron chi connectivity index (χ2n) is 7.43. The van der Waals surface area contributed by atoms with E-state index in [1.54, 1.807) is 6.39 Å². The fraction of sp³-hybridized carbons (Fsp3) is 0.429. The van der Waals surface area contributed by atoms with E-state index in [-0.39, 0.29) is 0 Å². The molecule has 2 aliphatic rings. The number of hydrogen-bond donors (Lipinski definition) is 0. The van der Waals surface area contributed by atoms with Gasteiger partial charge < -0.3 is 14.1 Å². The van der Waals surface area contributed by atoms with Crippen LogP contribution in [-0.4, -0.2) is 36.3 Å². The van der Waals surface area contributed by atoms with Crippen molar-refractivity contribution in [3.05, 3.63) is 41.9 Å². The Balaban J connectivity index is 1.66. The minimum atomic E-state index is 0.734. The molecule has 5 heteroatoms. The highest BCUT2D eigenvalue weighted by Gasteiger charge is 2.27. The van der Waals surface area contributed by atoms with E-state index in [2.05, 4.69) is 41.1 Å².